The number of nitrogens with one attached hydrogen (secondary N) is 2. The second-order valence-electron chi connectivity index (χ2n) is 7.17. The Labute approximate surface area is 160 Å². The van der Waals surface area contributed by atoms with Gasteiger partial charge in [-0.3, -0.25) is 0 Å². The Morgan fingerprint density at radius 3 is 1.93 bits per heavy atom. The molecule has 2 rings (SSSR count). The maximum absolute atomic E-state index is 12.2. The fourth-order valence-corrected chi connectivity index (χ4v) is 2.65. The van der Waals surface area contributed by atoms with E-state index >= 15 is 0 Å². The number of urea groups is 1. The average Bonchev–Trinajstić information content (AvgIpc) is 2.65. The second-order valence-corrected chi connectivity index (χ2v) is 7.17. The molecule has 0 fully saturated rings. The number of carbonyl (C=O) groups is 1. The lowest BCUT2D eigenvalue weighted by Gasteiger charge is -2.19. The predicted octanol–water partition coefficient (Wildman–Crippen LogP) is 4.33. The standard InChI is InChI=1S/C21H28N2O4/c1-21(2,3)15-7-9-16(10-8-15)23-20(24)22-13-14-11-17(25-4)19(27-6)18(12-14)26-5/h7-12H,13H2,1-6H3,(H2,22,23,24). The van der Waals surface area contributed by atoms with Gasteiger partial charge in [0.2, 0.25) is 5.75 Å². The summed E-state index contributed by atoms with van der Waals surface area (Å²) >= 11 is 0. The van der Waals surface area contributed by atoms with E-state index in [1.54, 1.807) is 33.5 Å². The van der Waals surface area contributed by atoms with Crippen molar-refractivity contribution in [1.82, 2.24) is 5.32 Å². The molecule has 0 aliphatic rings. The zero-order chi connectivity index (χ0) is 20.0. The van der Waals surface area contributed by atoms with Gasteiger partial charge in [0.15, 0.2) is 11.5 Å². The molecule has 146 valence electrons. The van der Waals surface area contributed by atoms with Gasteiger partial charge in [-0.25, -0.2) is 4.79 Å². The van der Waals surface area contributed by atoms with E-state index in [0.717, 1.165) is 11.3 Å². The molecule has 2 amide bonds. The first-order valence-electron chi connectivity index (χ1n) is 8.72. The largest absolute Gasteiger partial charge is 0.493 e. The highest BCUT2D eigenvalue weighted by molar-refractivity contribution is 5.89. The molecule has 27 heavy (non-hydrogen) atoms. The number of amides is 2. The number of rotatable bonds is 6. The van der Waals surface area contributed by atoms with Gasteiger partial charge in [-0.1, -0.05) is 32.9 Å². The Hall–Kier alpha value is -2.89. The third-order valence-corrected chi connectivity index (χ3v) is 4.19. The molecule has 0 saturated carbocycles. The smallest absolute Gasteiger partial charge is 0.319 e. The monoisotopic (exact) mass is 372 g/mol. The quantitative estimate of drug-likeness (QED) is 0.792. The normalized spacial score (nSPS) is 10.9. The number of hydrogen-bond donors (Lipinski definition) is 2. The first-order chi connectivity index (χ1) is 12.8. The molecule has 0 spiro atoms. The van der Waals surface area contributed by atoms with E-state index < -0.39 is 0 Å². The SMILES string of the molecule is COc1cc(CNC(=O)Nc2ccc(C(C)(C)C)cc2)cc(OC)c1OC. The molecule has 0 atom stereocenters. The van der Waals surface area contributed by atoms with Gasteiger partial charge in [-0.15, -0.1) is 0 Å². The van der Waals surface area contributed by atoms with Crippen LogP contribution in [-0.4, -0.2) is 27.4 Å². The molecule has 0 saturated heterocycles. The van der Waals surface area contributed by atoms with Crippen LogP contribution in [0.4, 0.5) is 10.5 Å². The van der Waals surface area contributed by atoms with Crippen LogP contribution >= 0.6 is 0 Å². The summed E-state index contributed by atoms with van der Waals surface area (Å²) in [7, 11) is 4.67. The lowest BCUT2D eigenvalue weighted by Crippen LogP contribution is -2.28. The molecule has 0 heterocycles. The molecule has 2 aromatic carbocycles. The van der Waals surface area contributed by atoms with Gasteiger partial charge in [0, 0.05) is 12.2 Å². The van der Waals surface area contributed by atoms with Crippen molar-refractivity contribution >= 4 is 11.7 Å². The van der Waals surface area contributed by atoms with E-state index in [0.29, 0.717) is 23.8 Å². The molecule has 0 radical (unpaired) electrons. The number of anilines is 1. The third kappa shape index (κ3) is 5.29. The van der Waals surface area contributed by atoms with Crippen molar-refractivity contribution in [3.05, 3.63) is 47.5 Å². The van der Waals surface area contributed by atoms with Crippen molar-refractivity contribution in [2.45, 2.75) is 32.7 Å². The Bertz CT molecular complexity index is 755. The molecule has 0 aliphatic carbocycles. The van der Waals surface area contributed by atoms with E-state index in [1.165, 1.54) is 5.56 Å². The molecule has 0 aromatic heterocycles. The Morgan fingerprint density at radius 2 is 1.48 bits per heavy atom. The molecule has 0 bridgehead atoms. The summed E-state index contributed by atoms with van der Waals surface area (Å²) in [4.78, 5) is 12.2. The molecular weight excluding hydrogens is 344 g/mol. The number of methoxy groups -OCH3 is 3. The summed E-state index contributed by atoms with van der Waals surface area (Å²) in [5, 5.41) is 5.66. The van der Waals surface area contributed by atoms with E-state index in [2.05, 4.69) is 31.4 Å². The maximum atomic E-state index is 12.2. The van der Waals surface area contributed by atoms with Crippen LogP contribution in [0.3, 0.4) is 0 Å². The van der Waals surface area contributed by atoms with Crippen LogP contribution in [-0.2, 0) is 12.0 Å². The maximum Gasteiger partial charge on any atom is 0.319 e. The summed E-state index contributed by atoms with van der Waals surface area (Å²) in [6.07, 6.45) is 0. The lowest BCUT2D eigenvalue weighted by atomic mass is 9.87. The van der Waals surface area contributed by atoms with Crippen molar-refractivity contribution in [3.63, 3.8) is 0 Å². The summed E-state index contributed by atoms with van der Waals surface area (Å²) in [6, 6.07) is 11.2. The van der Waals surface area contributed by atoms with Gasteiger partial charge < -0.3 is 24.8 Å². The molecule has 2 N–H and O–H groups in total. The molecule has 2 aromatic rings. The van der Waals surface area contributed by atoms with Crippen LogP contribution in [0.2, 0.25) is 0 Å². The number of hydrogen-bond acceptors (Lipinski definition) is 4. The summed E-state index contributed by atoms with van der Waals surface area (Å²) < 4.78 is 16.0. The number of benzene rings is 2. The van der Waals surface area contributed by atoms with Crippen LogP contribution in [0.5, 0.6) is 17.2 Å². The van der Waals surface area contributed by atoms with Crippen molar-refractivity contribution in [3.8, 4) is 17.2 Å². The minimum absolute atomic E-state index is 0.0767. The van der Waals surface area contributed by atoms with Gasteiger partial charge in [-0.2, -0.15) is 0 Å². The summed E-state index contributed by atoms with van der Waals surface area (Å²) in [6.45, 7) is 6.78. The first-order valence-corrected chi connectivity index (χ1v) is 8.72. The Kier molecular flexibility index (Phi) is 6.55. The van der Waals surface area contributed by atoms with Crippen LogP contribution in [0, 0.1) is 0 Å². The van der Waals surface area contributed by atoms with Gasteiger partial charge in [0.05, 0.1) is 21.3 Å². The van der Waals surface area contributed by atoms with Crippen LogP contribution in [0.25, 0.3) is 0 Å². The highest BCUT2D eigenvalue weighted by atomic mass is 16.5. The van der Waals surface area contributed by atoms with Crippen LogP contribution in [0.1, 0.15) is 31.9 Å². The fraction of sp³-hybridized carbons (Fsp3) is 0.381. The van der Waals surface area contributed by atoms with E-state index in [1.807, 2.05) is 24.3 Å². The average molecular weight is 372 g/mol. The topological polar surface area (TPSA) is 68.8 Å². The van der Waals surface area contributed by atoms with Crippen molar-refractivity contribution < 1.29 is 19.0 Å². The summed E-state index contributed by atoms with van der Waals surface area (Å²) in [5.74, 6) is 1.62. The molecule has 6 heteroatoms. The van der Waals surface area contributed by atoms with Crippen molar-refractivity contribution in [2.24, 2.45) is 0 Å². The predicted molar refractivity (Wildman–Crippen MR) is 107 cm³/mol. The zero-order valence-corrected chi connectivity index (χ0v) is 16.8. The van der Waals surface area contributed by atoms with E-state index in [4.69, 9.17) is 14.2 Å². The molecule has 6 nitrogen and oxygen atoms in total. The van der Waals surface area contributed by atoms with Crippen LogP contribution < -0.4 is 24.8 Å². The van der Waals surface area contributed by atoms with Gasteiger partial charge in [-0.05, 0) is 40.8 Å². The fourth-order valence-electron chi connectivity index (χ4n) is 2.65. The van der Waals surface area contributed by atoms with Gasteiger partial charge in [0.1, 0.15) is 0 Å². The number of carbonyl (C=O) groups excluding carboxylic acids is 1. The Morgan fingerprint density at radius 1 is 0.926 bits per heavy atom. The van der Waals surface area contributed by atoms with Crippen LogP contribution in [0.15, 0.2) is 36.4 Å². The minimum Gasteiger partial charge on any atom is -0.493 e. The lowest BCUT2D eigenvalue weighted by molar-refractivity contribution is 0.251. The van der Waals surface area contributed by atoms with Gasteiger partial charge >= 0.3 is 6.03 Å². The summed E-state index contributed by atoms with van der Waals surface area (Å²) in [5.41, 5.74) is 2.87. The minimum atomic E-state index is -0.285. The zero-order valence-electron chi connectivity index (χ0n) is 16.8. The molecular formula is C21H28N2O4. The second kappa shape index (κ2) is 8.66. The first kappa shape index (κ1) is 20.4. The molecule has 0 aliphatic heterocycles. The third-order valence-electron chi connectivity index (χ3n) is 4.19. The Balaban J connectivity index is 2.01. The van der Waals surface area contributed by atoms with Crippen molar-refractivity contribution in [2.75, 3.05) is 26.6 Å². The van der Waals surface area contributed by atoms with Crippen molar-refractivity contribution in [1.29, 1.82) is 0 Å². The van der Waals surface area contributed by atoms with E-state index in [9.17, 15) is 4.79 Å². The van der Waals surface area contributed by atoms with Gasteiger partial charge in [0.25, 0.3) is 0 Å². The molecule has 0 unspecified atom stereocenters. The highest BCUT2D eigenvalue weighted by Crippen LogP contribution is 2.38. The highest BCUT2D eigenvalue weighted by Gasteiger charge is 2.15. The number of ether oxygens (including phenoxy) is 3. The van der Waals surface area contributed by atoms with E-state index in [-0.39, 0.29) is 11.4 Å².